The van der Waals surface area contributed by atoms with Crippen molar-refractivity contribution in [1.82, 2.24) is 9.97 Å². The van der Waals surface area contributed by atoms with Gasteiger partial charge in [-0.1, -0.05) is 0 Å². The molecule has 0 atom stereocenters. The number of aromatic carboxylic acids is 1. The number of carboxylic acid groups (broad SMARTS) is 1. The summed E-state index contributed by atoms with van der Waals surface area (Å²) in [5.74, 6) is -0.0530. The summed E-state index contributed by atoms with van der Waals surface area (Å²) in [6.07, 6.45) is 3.41. The Morgan fingerprint density at radius 3 is 2.25 bits per heavy atom. The number of carboxylic acids is 1. The number of carbonyl (C=O) groups is 2. The smallest absolute Gasteiger partial charge is 0.337 e. The lowest BCUT2D eigenvalue weighted by atomic mass is 10.1. The molecule has 1 amide bonds. The monoisotopic (exact) mass is 433 g/mol. The molecule has 9 heteroatoms. The number of aromatic nitrogens is 2. The van der Waals surface area contributed by atoms with Gasteiger partial charge in [-0.3, -0.25) is 4.79 Å². The van der Waals surface area contributed by atoms with Crippen molar-refractivity contribution in [2.75, 3.05) is 48.4 Å². The molecule has 0 spiro atoms. The number of methoxy groups -OCH3 is 1. The molecular formula is C23H23N5O4. The summed E-state index contributed by atoms with van der Waals surface area (Å²) in [5.41, 5.74) is 1.63. The molecule has 1 aliphatic heterocycles. The molecule has 2 aromatic carbocycles. The van der Waals surface area contributed by atoms with Gasteiger partial charge in [-0.2, -0.15) is 0 Å². The van der Waals surface area contributed by atoms with E-state index in [2.05, 4.69) is 20.2 Å². The van der Waals surface area contributed by atoms with Crippen molar-refractivity contribution in [3.63, 3.8) is 0 Å². The SMILES string of the molecule is COc1ccc(C(=O)Nc2ccc(N3CCN(c4ncccn4)CC3)c(C(=O)O)c2)cc1. The van der Waals surface area contributed by atoms with Gasteiger partial charge in [0.25, 0.3) is 5.91 Å². The van der Waals surface area contributed by atoms with Crippen LogP contribution in [0.4, 0.5) is 17.3 Å². The number of carbonyl (C=O) groups excluding carboxylic acids is 1. The van der Waals surface area contributed by atoms with E-state index in [4.69, 9.17) is 4.74 Å². The van der Waals surface area contributed by atoms with Gasteiger partial charge in [0.05, 0.1) is 18.4 Å². The highest BCUT2D eigenvalue weighted by atomic mass is 16.5. The normalized spacial score (nSPS) is 13.5. The van der Waals surface area contributed by atoms with Crippen molar-refractivity contribution in [3.8, 4) is 5.75 Å². The first-order valence-corrected chi connectivity index (χ1v) is 10.1. The fraction of sp³-hybridized carbons (Fsp3) is 0.217. The number of amides is 1. The van der Waals surface area contributed by atoms with Crippen LogP contribution in [-0.4, -0.2) is 60.2 Å². The molecule has 1 saturated heterocycles. The number of benzene rings is 2. The summed E-state index contributed by atoms with van der Waals surface area (Å²) in [4.78, 5) is 37.1. The van der Waals surface area contributed by atoms with Gasteiger partial charge in [-0.15, -0.1) is 0 Å². The maximum atomic E-state index is 12.5. The number of ether oxygens (including phenoxy) is 1. The summed E-state index contributed by atoms with van der Waals surface area (Å²) >= 11 is 0. The first kappa shape index (κ1) is 21.1. The predicted molar refractivity (Wildman–Crippen MR) is 121 cm³/mol. The predicted octanol–water partition coefficient (Wildman–Crippen LogP) is 2.76. The molecule has 0 unspecified atom stereocenters. The molecule has 2 N–H and O–H groups in total. The maximum Gasteiger partial charge on any atom is 0.337 e. The van der Waals surface area contributed by atoms with Crippen LogP contribution in [0.15, 0.2) is 60.9 Å². The van der Waals surface area contributed by atoms with Crippen LogP contribution < -0.4 is 19.9 Å². The van der Waals surface area contributed by atoms with Gasteiger partial charge >= 0.3 is 5.97 Å². The molecule has 0 bridgehead atoms. The quantitative estimate of drug-likeness (QED) is 0.611. The zero-order valence-corrected chi connectivity index (χ0v) is 17.6. The first-order chi connectivity index (χ1) is 15.5. The van der Waals surface area contributed by atoms with Gasteiger partial charge in [-0.25, -0.2) is 14.8 Å². The second-order valence-electron chi connectivity index (χ2n) is 7.24. The van der Waals surface area contributed by atoms with Crippen LogP contribution in [0, 0.1) is 0 Å². The highest BCUT2D eigenvalue weighted by Crippen LogP contribution is 2.27. The highest BCUT2D eigenvalue weighted by Gasteiger charge is 2.23. The first-order valence-electron chi connectivity index (χ1n) is 10.1. The Bertz CT molecular complexity index is 1100. The molecule has 1 aliphatic rings. The van der Waals surface area contributed by atoms with E-state index in [1.165, 1.54) is 6.07 Å². The molecule has 0 saturated carbocycles. The number of hydrogen-bond acceptors (Lipinski definition) is 7. The molecule has 1 aromatic heterocycles. The van der Waals surface area contributed by atoms with Crippen LogP contribution >= 0.6 is 0 Å². The molecule has 0 aliphatic carbocycles. The van der Waals surface area contributed by atoms with Crippen LogP contribution in [0.25, 0.3) is 0 Å². The van der Waals surface area contributed by atoms with E-state index in [9.17, 15) is 14.7 Å². The summed E-state index contributed by atoms with van der Waals surface area (Å²) in [6.45, 7) is 2.63. The van der Waals surface area contributed by atoms with Crippen molar-refractivity contribution in [1.29, 1.82) is 0 Å². The summed E-state index contributed by atoms with van der Waals surface area (Å²) in [7, 11) is 1.55. The number of rotatable bonds is 6. The minimum Gasteiger partial charge on any atom is -0.497 e. The molecule has 1 fully saturated rings. The lowest BCUT2D eigenvalue weighted by Gasteiger charge is -2.36. The van der Waals surface area contributed by atoms with Crippen molar-refractivity contribution >= 4 is 29.2 Å². The van der Waals surface area contributed by atoms with Crippen LogP contribution in [-0.2, 0) is 0 Å². The average Bonchev–Trinajstić information content (AvgIpc) is 2.84. The summed E-state index contributed by atoms with van der Waals surface area (Å²) < 4.78 is 5.10. The molecule has 164 valence electrons. The fourth-order valence-electron chi connectivity index (χ4n) is 3.61. The van der Waals surface area contributed by atoms with Crippen molar-refractivity contribution in [3.05, 3.63) is 72.1 Å². The van der Waals surface area contributed by atoms with E-state index in [0.717, 1.165) is 0 Å². The van der Waals surface area contributed by atoms with Crippen LogP contribution in [0.2, 0.25) is 0 Å². The van der Waals surface area contributed by atoms with E-state index in [0.29, 0.717) is 54.8 Å². The Balaban J connectivity index is 1.47. The molecule has 9 nitrogen and oxygen atoms in total. The number of anilines is 3. The summed E-state index contributed by atoms with van der Waals surface area (Å²) in [5, 5.41) is 12.5. The minimum absolute atomic E-state index is 0.141. The molecule has 2 heterocycles. The second-order valence-corrected chi connectivity index (χ2v) is 7.24. The zero-order chi connectivity index (χ0) is 22.5. The maximum absolute atomic E-state index is 12.5. The zero-order valence-electron chi connectivity index (χ0n) is 17.6. The Hall–Kier alpha value is -4.14. The average molecular weight is 433 g/mol. The van der Waals surface area contributed by atoms with E-state index in [-0.39, 0.29) is 11.5 Å². The van der Waals surface area contributed by atoms with Crippen molar-refractivity contribution in [2.45, 2.75) is 0 Å². The van der Waals surface area contributed by atoms with Gasteiger partial charge in [0, 0.05) is 49.8 Å². The van der Waals surface area contributed by atoms with E-state index in [1.807, 2.05) is 4.90 Å². The molecule has 0 radical (unpaired) electrons. The Morgan fingerprint density at radius 2 is 1.62 bits per heavy atom. The number of nitrogens with one attached hydrogen (secondary N) is 1. The standard InChI is InChI=1S/C23H23N5O4/c1-32-18-6-3-16(4-7-18)21(29)26-17-5-8-20(19(15-17)22(30)31)27-11-13-28(14-12-27)23-24-9-2-10-25-23/h2-10,15H,11-14H2,1H3,(H,26,29)(H,30,31). The van der Waals surface area contributed by atoms with E-state index >= 15 is 0 Å². The van der Waals surface area contributed by atoms with Gasteiger partial charge < -0.3 is 25.0 Å². The minimum atomic E-state index is -1.05. The van der Waals surface area contributed by atoms with Gasteiger partial charge in [0.15, 0.2) is 0 Å². The lowest BCUT2D eigenvalue weighted by Crippen LogP contribution is -2.47. The summed E-state index contributed by atoms with van der Waals surface area (Å²) in [6, 6.07) is 13.4. The van der Waals surface area contributed by atoms with Gasteiger partial charge in [0.2, 0.25) is 5.95 Å². The molecule has 32 heavy (non-hydrogen) atoms. The van der Waals surface area contributed by atoms with Gasteiger partial charge in [-0.05, 0) is 48.5 Å². The Morgan fingerprint density at radius 1 is 0.969 bits per heavy atom. The molecule has 4 rings (SSSR count). The van der Waals surface area contributed by atoms with Crippen LogP contribution in [0.5, 0.6) is 5.75 Å². The number of hydrogen-bond donors (Lipinski definition) is 2. The van der Waals surface area contributed by atoms with Crippen molar-refractivity contribution in [2.24, 2.45) is 0 Å². The van der Waals surface area contributed by atoms with Crippen LogP contribution in [0.3, 0.4) is 0 Å². The Kier molecular flexibility index (Phi) is 6.16. The number of nitrogens with zero attached hydrogens (tertiary/aromatic N) is 4. The van der Waals surface area contributed by atoms with Crippen molar-refractivity contribution < 1.29 is 19.4 Å². The molecular weight excluding hydrogens is 410 g/mol. The lowest BCUT2D eigenvalue weighted by molar-refractivity contribution is 0.0697. The third-order valence-corrected chi connectivity index (χ3v) is 5.29. The van der Waals surface area contributed by atoms with Crippen LogP contribution in [0.1, 0.15) is 20.7 Å². The third-order valence-electron chi connectivity index (χ3n) is 5.29. The van der Waals surface area contributed by atoms with Gasteiger partial charge in [0.1, 0.15) is 5.75 Å². The highest BCUT2D eigenvalue weighted by molar-refractivity contribution is 6.05. The molecule has 3 aromatic rings. The largest absolute Gasteiger partial charge is 0.497 e. The van der Waals surface area contributed by atoms with E-state index in [1.54, 1.807) is 62.0 Å². The topological polar surface area (TPSA) is 108 Å². The third kappa shape index (κ3) is 4.61. The fourth-order valence-corrected chi connectivity index (χ4v) is 3.61. The van der Waals surface area contributed by atoms with E-state index < -0.39 is 5.97 Å². The Labute approximate surface area is 185 Å². The second kappa shape index (κ2) is 9.34. The number of piperazine rings is 1.